The zero-order chi connectivity index (χ0) is 15.3. The normalized spacial score (nSPS) is 19.4. The minimum atomic E-state index is -0.449. The molecule has 1 atom stereocenters. The molecule has 1 amide bonds. The van der Waals surface area contributed by atoms with Gasteiger partial charge < -0.3 is 14.4 Å². The van der Waals surface area contributed by atoms with E-state index in [4.69, 9.17) is 9.47 Å². The molecule has 116 valence electrons. The van der Waals surface area contributed by atoms with Crippen LogP contribution in [0.15, 0.2) is 30.3 Å². The van der Waals surface area contributed by atoms with Crippen molar-refractivity contribution in [3.8, 4) is 0 Å². The Bertz CT molecular complexity index is 453. The van der Waals surface area contributed by atoms with Gasteiger partial charge in [0.15, 0.2) is 0 Å². The van der Waals surface area contributed by atoms with E-state index in [9.17, 15) is 4.79 Å². The molecule has 1 aromatic rings. The molecule has 1 fully saturated rings. The Morgan fingerprint density at radius 1 is 1.29 bits per heavy atom. The Balaban J connectivity index is 1.82. The van der Waals surface area contributed by atoms with E-state index in [1.165, 1.54) is 0 Å². The number of ether oxygens (including phenoxy) is 2. The number of carbonyl (C=O) groups excluding carboxylic acids is 1. The van der Waals surface area contributed by atoms with Gasteiger partial charge in [-0.15, -0.1) is 0 Å². The average Bonchev–Trinajstić information content (AvgIpc) is 2.45. The van der Waals surface area contributed by atoms with Gasteiger partial charge in [0, 0.05) is 6.54 Å². The number of hydrogen-bond donors (Lipinski definition) is 0. The highest BCUT2D eigenvalue weighted by atomic mass is 16.6. The van der Waals surface area contributed by atoms with E-state index < -0.39 is 5.60 Å². The lowest BCUT2D eigenvalue weighted by Gasteiger charge is -2.34. The molecule has 0 bridgehead atoms. The summed E-state index contributed by atoms with van der Waals surface area (Å²) in [4.78, 5) is 13.8. The van der Waals surface area contributed by atoms with Gasteiger partial charge in [0.25, 0.3) is 0 Å². The maximum atomic E-state index is 12.1. The number of hydrogen-bond acceptors (Lipinski definition) is 3. The fourth-order valence-electron chi connectivity index (χ4n) is 2.35. The Morgan fingerprint density at radius 3 is 2.67 bits per heavy atom. The van der Waals surface area contributed by atoms with Gasteiger partial charge in [0.05, 0.1) is 19.3 Å². The SMILES string of the molecule is CC(C)(C)OC(=O)N1CCC[C@@H](OCc2ccccc2)C1. The largest absolute Gasteiger partial charge is 0.444 e. The molecule has 0 aromatic heterocycles. The average molecular weight is 291 g/mol. The maximum Gasteiger partial charge on any atom is 0.410 e. The third kappa shape index (κ3) is 5.38. The molecule has 4 heteroatoms. The second-order valence-corrected chi connectivity index (χ2v) is 6.49. The molecule has 2 rings (SSSR count). The van der Waals surface area contributed by atoms with Crippen molar-refractivity contribution in [1.29, 1.82) is 0 Å². The number of benzene rings is 1. The van der Waals surface area contributed by atoms with E-state index >= 15 is 0 Å². The molecular formula is C17H25NO3. The van der Waals surface area contributed by atoms with Gasteiger partial charge in [-0.3, -0.25) is 0 Å². The molecule has 1 aliphatic rings. The van der Waals surface area contributed by atoms with E-state index in [-0.39, 0.29) is 12.2 Å². The van der Waals surface area contributed by atoms with Gasteiger partial charge in [-0.05, 0) is 39.2 Å². The van der Waals surface area contributed by atoms with E-state index in [1.54, 1.807) is 4.90 Å². The topological polar surface area (TPSA) is 38.8 Å². The van der Waals surface area contributed by atoms with Crippen LogP contribution in [0, 0.1) is 0 Å². The third-order valence-corrected chi connectivity index (χ3v) is 3.36. The van der Waals surface area contributed by atoms with Gasteiger partial charge in [0.2, 0.25) is 0 Å². The lowest BCUT2D eigenvalue weighted by molar-refractivity contribution is -0.0258. The van der Waals surface area contributed by atoms with Gasteiger partial charge in [-0.2, -0.15) is 0 Å². The zero-order valence-electron chi connectivity index (χ0n) is 13.2. The predicted octanol–water partition coefficient (Wildman–Crippen LogP) is 3.60. The Morgan fingerprint density at radius 2 is 2.00 bits per heavy atom. The van der Waals surface area contributed by atoms with Crippen molar-refractivity contribution in [1.82, 2.24) is 4.90 Å². The van der Waals surface area contributed by atoms with Gasteiger partial charge in [0.1, 0.15) is 5.60 Å². The second kappa shape index (κ2) is 6.94. The number of rotatable bonds is 3. The van der Waals surface area contributed by atoms with Crippen LogP contribution in [0.3, 0.4) is 0 Å². The minimum Gasteiger partial charge on any atom is -0.444 e. The highest BCUT2D eigenvalue weighted by Crippen LogP contribution is 2.18. The van der Waals surface area contributed by atoms with Crippen molar-refractivity contribution in [2.75, 3.05) is 13.1 Å². The quantitative estimate of drug-likeness (QED) is 0.854. The zero-order valence-corrected chi connectivity index (χ0v) is 13.2. The molecule has 1 heterocycles. The number of piperidine rings is 1. The second-order valence-electron chi connectivity index (χ2n) is 6.49. The third-order valence-electron chi connectivity index (χ3n) is 3.36. The lowest BCUT2D eigenvalue weighted by atomic mass is 10.1. The molecular weight excluding hydrogens is 266 g/mol. The van der Waals surface area contributed by atoms with Crippen molar-refractivity contribution in [3.63, 3.8) is 0 Å². The first-order chi connectivity index (χ1) is 9.94. The fraction of sp³-hybridized carbons (Fsp3) is 0.588. The summed E-state index contributed by atoms with van der Waals surface area (Å²) >= 11 is 0. The summed E-state index contributed by atoms with van der Waals surface area (Å²) in [5.74, 6) is 0. The summed E-state index contributed by atoms with van der Waals surface area (Å²) in [5, 5.41) is 0. The Hall–Kier alpha value is -1.55. The Kier molecular flexibility index (Phi) is 5.23. The minimum absolute atomic E-state index is 0.0893. The van der Waals surface area contributed by atoms with E-state index in [2.05, 4.69) is 12.1 Å². The summed E-state index contributed by atoms with van der Waals surface area (Å²) in [7, 11) is 0. The fourth-order valence-corrected chi connectivity index (χ4v) is 2.35. The van der Waals surface area contributed by atoms with Crippen LogP contribution < -0.4 is 0 Å². The lowest BCUT2D eigenvalue weighted by Crippen LogP contribution is -2.45. The molecule has 4 nitrogen and oxygen atoms in total. The van der Waals surface area contributed by atoms with Crippen molar-refractivity contribution >= 4 is 6.09 Å². The summed E-state index contributed by atoms with van der Waals surface area (Å²) in [6.07, 6.45) is 1.80. The van der Waals surface area contributed by atoms with Crippen LogP contribution in [0.2, 0.25) is 0 Å². The summed E-state index contributed by atoms with van der Waals surface area (Å²) in [5.41, 5.74) is 0.710. The molecule has 0 aliphatic carbocycles. The van der Waals surface area contributed by atoms with Crippen molar-refractivity contribution < 1.29 is 14.3 Å². The first-order valence-electron chi connectivity index (χ1n) is 7.57. The first kappa shape index (κ1) is 15.8. The highest BCUT2D eigenvalue weighted by Gasteiger charge is 2.27. The van der Waals surface area contributed by atoms with Gasteiger partial charge in [-0.25, -0.2) is 4.79 Å². The highest BCUT2D eigenvalue weighted by molar-refractivity contribution is 5.68. The van der Waals surface area contributed by atoms with E-state index in [0.29, 0.717) is 13.2 Å². The van der Waals surface area contributed by atoms with Crippen molar-refractivity contribution in [2.24, 2.45) is 0 Å². The van der Waals surface area contributed by atoms with Gasteiger partial charge in [-0.1, -0.05) is 30.3 Å². The smallest absolute Gasteiger partial charge is 0.410 e. The Labute approximate surface area is 127 Å². The molecule has 0 spiro atoms. The molecule has 1 saturated heterocycles. The standard InChI is InChI=1S/C17H25NO3/c1-17(2,3)21-16(19)18-11-7-10-15(12-18)20-13-14-8-5-4-6-9-14/h4-6,8-9,15H,7,10-13H2,1-3H3/t15-/m1/s1. The van der Waals surface area contributed by atoms with Crippen LogP contribution >= 0.6 is 0 Å². The number of nitrogens with zero attached hydrogens (tertiary/aromatic N) is 1. The van der Waals surface area contributed by atoms with Crippen molar-refractivity contribution in [2.45, 2.75) is 51.9 Å². The number of carbonyl (C=O) groups is 1. The summed E-state index contributed by atoms with van der Waals surface area (Å²) in [6.45, 7) is 7.62. The molecule has 1 aromatic carbocycles. The van der Waals surface area contributed by atoms with Crippen molar-refractivity contribution in [3.05, 3.63) is 35.9 Å². The summed E-state index contributed by atoms with van der Waals surface area (Å²) < 4.78 is 11.3. The van der Waals surface area contributed by atoms with Crippen LogP contribution in [-0.4, -0.2) is 35.8 Å². The van der Waals surface area contributed by atoms with Crippen LogP contribution in [-0.2, 0) is 16.1 Å². The number of likely N-dealkylation sites (tertiary alicyclic amines) is 1. The van der Waals surface area contributed by atoms with E-state index in [0.717, 1.165) is 24.9 Å². The van der Waals surface area contributed by atoms with Crippen LogP contribution in [0.4, 0.5) is 4.79 Å². The predicted molar refractivity (Wildman–Crippen MR) is 82.1 cm³/mol. The monoisotopic (exact) mass is 291 g/mol. The molecule has 0 unspecified atom stereocenters. The maximum absolute atomic E-state index is 12.1. The van der Waals surface area contributed by atoms with Gasteiger partial charge >= 0.3 is 6.09 Å². The van der Waals surface area contributed by atoms with Crippen LogP contribution in [0.1, 0.15) is 39.2 Å². The molecule has 1 aliphatic heterocycles. The first-order valence-corrected chi connectivity index (χ1v) is 7.57. The summed E-state index contributed by atoms with van der Waals surface area (Å²) in [6, 6.07) is 10.1. The molecule has 21 heavy (non-hydrogen) atoms. The molecule has 0 saturated carbocycles. The molecule has 0 N–H and O–H groups in total. The number of amides is 1. The van der Waals surface area contributed by atoms with Crippen LogP contribution in [0.5, 0.6) is 0 Å². The van der Waals surface area contributed by atoms with Crippen LogP contribution in [0.25, 0.3) is 0 Å². The van der Waals surface area contributed by atoms with E-state index in [1.807, 2.05) is 39.0 Å². The molecule has 0 radical (unpaired) electrons.